The van der Waals surface area contributed by atoms with Gasteiger partial charge in [-0.15, -0.1) is 0 Å². The van der Waals surface area contributed by atoms with Crippen LogP contribution >= 0.6 is 23.2 Å². The normalized spacial score (nSPS) is 10.9. The highest BCUT2D eigenvalue weighted by Crippen LogP contribution is 2.25. The minimum Gasteiger partial charge on any atom is -0.396 e. The maximum Gasteiger partial charge on any atom is 0.248 e. The van der Waals surface area contributed by atoms with E-state index in [0.29, 0.717) is 39.6 Å². The number of halogens is 2. The van der Waals surface area contributed by atoms with Crippen molar-refractivity contribution in [2.75, 3.05) is 5.73 Å². The molecule has 2 heterocycles. The van der Waals surface area contributed by atoms with Crippen molar-refractivity contribution in [3.05, 3.63) is 46.5 Å². The zero-order chi connectivity index (χ0) is 14.1. The zero-order valence-corrected chi connectivity index (χ0v) is 11.6. The molecule has 102 valence electrons. The number of nitrogens with two attached hydrogens (primary N) is 1. The van der Waals surface area contributed by atoms with Gasteiger partial charge in [-0.1, -0.05) is 28.4 Å². The first-order chi connectivity index (χ1) is 9.60. The van der Waals surface area contributed by atoms with Gasteiger partial charge in [-0.3, -0.25) is 4.68 Å². The molecular formula is C12H9Cl2N5O. The van der Waals surface area contributed by atoms with E-state index in [1.165, 1.54) is 0 Å². The van der Waals surface area contributed by atoms with E-state index in [0.717, 1.165) is 0 Å². The van der Waals surface area contributed by atoms with Gasteiger partial charge in [-0.25, -0.2) is 0 Å². The van der Waals surface area contributed by atoms with Crippen molar-refractivity contribution >= 4 is 28.9 Å². The highest BCUT2D eigenvalue weighted by atomic mass is 35.5. The molecule has 8 heteroatoms. The first-order valence-corrected chi connectivity index (χ1v) is 6.43. The van der Waals surface area contributed by atoms with E-state index < -0.39 is 0 Å². The van der Waals surface area contributed by atoms with Crippen molar-refractivity contribution in [2.24, 2.45) is 0 Å². The summed E-state index contributed by atoms with van der Waals surface area (Å²) < 4.78 is 6.77. The molecule has 2 N–H and O–H groups in total. The van der Waals surface area contributed by atoms with Crippen LogP contribution in [0.3, 0.4) is 0 Å². The Morgan fingerprint density at radius 2 is 1.95 bits per heavy atom. The third-order valence-electron chi connectivity index (χ3n) is 2.54. The van der Waals surface area contributed by atoms with Crippen LogP contribution in [0.15, 0.2) is 35.1 Å². The summed E-state index contributed by atoms with van der Waals surface area (Å²) in [5, 5.41) is 8.96. The Kier molecular flexibility index (Phi) is 3.33. The number of aromatic nitrogens is 4. The second-order valence-electron chi connectivity index (χ2n) is 4.14. The Morgan fingerprint density at radius 3 is 2.60 bits per heavy atom. The number of nitrogens with zero attached hydrogens (tertiary/aromatic N) is 4. The minimum atomic E-state index is 0.346. The molecule has 0 unspecified atom stereocenters. The van der Waals surface area contributed by atoms with Crippen LogP contribution in [0, 0.1) is 0 Å². The molecule has 6 nitrogen and oxygen atoms in total. The fourth-order valence-corrected chi connectivity index (χ4v) is 2.25. The Bertz CT molecular complexity index is 732. The largest absolute Gasteiger partial charge is 0.396 e. The molecule has 0 spiro atoms. The number of rotatable bonds is 3. The maximum atomic E-state index is 5.94. The monoisotopic (exact) mass is 309 g/mol. The van der Waals surface area contributed by atoms with Crippen LogP contribution in [0.2, 0.25) is 10.0 Å². The average Bonchev–Trinajstić information content (AvgIpc) is 2.98. The predicted molar refractivity (Wildman–Crippen MR) is 75.5 cm³/mol. The quantitative estimate of drug-likeness (QED) is 0.804. The van der Waals surface area contributed by atoms with Gasteiger partial charge in [-0.05, 0) is 18.2 Å². The van der Waals surface area contributed by atoms with Crippen LogP contribution in [0.4, 0.5) is 5.69 Å². The molecule has 3 rings (SSSR count). The van der Waals surface area contributed by atoms with Crippen LogP contribution in [0.5, 0.6) is 0 Å². The van der Waals surface area contributed by atoms with Gasteiger partial charge in [0.05, 0.1) is 11.9 Å². The smallest absolute Gasteiger partial charge is 0.248 e. The van der Waals surface area contributed by atoms with Crippen molar-refractivity contribution < 1.29 is 4.52 Å². The lowest BCUT2D eigenvalue weighted by Gasteiger charge is -1.97. The molecule has 0 fully saturated rings. The van der Waals surface area contributed by atoms with E-state index in [2.05, 4.69) is 15.2 Å². The number of nitrogen functional groups attached to an aromatic ring is 1. The molecule has 0 radical (unpaired) electrons. The van der Waals surface area contributed by atoms with Crippen molar-refractivity contribution in [1.29, 1.82) is 0 Å². The Hall–Kier alpha value is -2.05. The summed E-state index contributed by atoms with van der Waals surface area (Å²) in [4.78, 5) is 4.27. The lowest BCUT2D eigenvalue weighted by molar-refractivity contribution is 0.366. The summed E-state index contributed by atoms with van der Waals surface area (Å²) in [7, 11) is 0. The van der Waals surface area contributed by atoms with Crippen molar-refractivity contribution in [1.82, 2.24) is 19.9 Å². The average molecular weight is 310 g/mol. The van der Waals surface area contributed by atoms with Crippen LogP contribution in [-0.2, 0) is 6.54 Å². The topological polar surface area (TPSA) is 82.8 Å². The molecule has 0 aliphatic carbocycles. The number of hydrogen-bond acceptors (Lipinski definition) is 5. The summed E-state index contributed by atoms with van der Waals surface area (Å²) >= 11 is 11.9. The Labute approximate surface area is 124 Å². The Morgan fingerprint density at radius 1 is 1.20 bits per heavy atom. The van der Waals surface area contributed by atoms with Gasteiger partial charge in [-0.2, -0.15) is 10.1 Å². The zero-order valence-electron chi connectivity index (χ0n) is 10.1. The highest BCUT2D eigenvalue weighted by molar-refractivity contribution is 6.35. The molecular weight excluding hydrogens is 301 g/mol. The van der Waals surface area contributed by atoms with E-state index in [1.807, 2.05) is 0 Å². The first-order valence-electron chi connectivity index (χ1n) is 5.67. The summed E-state index contributed by atoms with van der Waals surface area (Å²) in [6.45, 7) is 0.346. The predicted octanol–water partition coefficient (Wildman–Crippen LogP) is 2.87. The lowest BCUT2D eigenvalue weighted by Crippen LogP contribution is -2.00. The molecule has 1 aromatic carbocycles. The molecule has 0 aliphatic heterocycles. The van der Waals surface area contributed by atoms with Gasteiger partial charge in [0.15, 0.2) is 0 Å². The molecule has 0 bridgehead atoms. The standard InChI is InChI=1S/C12H9Cl2N5O/c13-8-1-7(2-9(14)3-8)12-17-11(20-18-12)6-19-5-10(15)4-16-19/h1-5H,6,15H2. The molecule has 20 heavy (non-hydrogen) atoms. The second kappa shape index (κ2) is 5.15. The van der Waals surface area contributed by atoms with Crippen LogP contribution in [0.25, 0.3) is 11.4 Å². The highest BCUT2D eigenvalue weighted by Gasteiger charge is 2.11. The molecule has 0 saturated heterocycles. The van der Waals surface area contributed by atoms with Gasteiger partial charge in [0.25, 0.3) is 0 Å². The number of anilines is 1. The van der Waals surface area contributed by atoms with Crippen LogP contribution in [-0.4, -0.2) is 19.9 Å². The van der Waals surface area contributed by atoms with Crippen molar-refractivity contribution in [2.45, 2.75) is 6.54 Å². The van der Waals surface area contributed by atoms with Gasteiger partial charge < -0.3 is 10.3 Å². The van der Waals surface area contributed by atoms with Crippen molar-refractivity contribution in [3.63, 3.8) is 0 Å². The minimum absolute atomic E-state index is 0.346. The Balaban J connectivity index is 1.86. The molecule has 0 aliphatic rings. The van der Waals surface area contributed by atoms with E-state index in [1.54, 1.807) is 35.3 Å². The maximum absolute atomic E-state index is 5.94. The number of hydrogen-bond donors (Lipinski definition) is 1. The van der Waals surface area contributed by atoms with Gasteiger partial charge in [0.2, 0.25) is 11.7 Å². The number of benzene rings is 1. The second-order valence-corrected chi connectivity index (χ2v) is 5.01. The van der Waals surface area contributed by atoms with Crippen molar-refractivity contribution in [3.8, 4) is 11.4 Å². The molecule has 0 saturated carbocycles. The van der Waals surface area contributed by atoms with E-state index in [9.17, 15) is 0 Å². The fourth-order valence-electron chi connectivity index (χ4n) is 1.72. The summed E-state index contributed by atoms with van der Waals surface area (Å²) in [6.07, 6.45) is 3.23. The summed E-state index contributed by atoms with van der Waals surface area (Å²) in [6, 6.07) is 5.07. The third-order valence-corrected chi connectivity index (χ3v) is 2.98. The van der Waals surface area contributed by atoms with Crippen LogP contribution < -0.4 is 5.73 Å². The van der Waals surface area contributed by atoms with Gasteiger partial charge >= 0.3 is 0 Å². The van der Waals surface area contributed by atoms with E-state index in [4.69, 9.17) is 33.5 Å². The summed E-state index contributed by atoms with van der Waals surface area (Å²) in [5.41, 5.74) is 6.85. The van der Waals surface area contributed by atoms with Gasteiger partial charge in [0.1, 0.15) is 6.54 Å². The third kappa shape index (κ3) is 2.76. The first kappa shape index (κ1) is 13.0. The summed E-state index contributed by atoms with van der Waals surface area (Å²) in [5.74, 6) is 0.837. The molecule has 0 atom stereocenters. The SMILES string of the molecule is Nc1cnn(Cc2nc(-c3cc(Cl)cc(Cl)c3)no2)c1. The fraction of sp³-hybridized carbons (Fsp3) is 0.0833. The molecule has 0 amide bonds. The van der Waals surface area contributed by atoms with Crippen LogP contribution in [0.1, 0.15) is 5.89 Å². The van der Waals surface area contributed by atoms with Gasteiger partial charge in [0, 0.05) is 21.8 Å². The molecule has 3 aromatic rings. The van der Waals surface area contributed by atoms with E-state index in [-0.39, 0.29) is 0 Å². The molecule has 2 aromatic heterocycles. The van der Waals surface area contributed by atoms with E-state index >= 15 is 0 Å². The lowest BCUT2D eigenvalue weighted by atomic mass is 10.2.